The molecule has 0 atom stereocenters. The van der Waals surface area contributed by atoms with Gasteiger partial charge in [-0.1, -0.05) is 24.6 Å². The van der Waals surface area contributed by atoms with Gasteiger partial charge < -0.3 is 20.9 Å². The van der Waals surface area contributed by atoms with Crippen molar-refractivity contribution in [2.75, 3.05) is 48.7 Å². The fourth-order valence-electron chi connectivity index (χ4n) is 3.13. The van der Waals surface area contributed by atoms with E-state index >= 15 is 0 Å². The first-order valence-electron chi connectivity index (χ1n) is 8.81. The number of piperazine rings is 1. The Morgan fingerprint density at radius 1 is 1.08 bits per heavy atom. The van der Waals surface area contributed by atoms with Gasteiger partial charge in [-0.25, -0.2) is 0 Å². The van der Waals surface area contributed by atoms with Gasteiger partial charge >= 0.3 is 0 Å². The Morgan fingerprint density at radius 3 is 2.40 bits per heavy atom. The van der Waals surface area contributed by atoms with Crippen molar-refractivity contribution < 1.29 is 4.79 Å². The van der Waals surface area contributed by atoms with E-state index in [0.717, 1.165) is 49.7 Å². The lowest BCUT2D eigenvalue weighted by molar-refractivity contribution is 0.102. The highest BCUT2D eigenvalue weighted by atomic mass is 16.1. The molecule has 3 N–H and O–H groups in total. The highest BCUT2D eigenvalue weighted by Crippen LogP contribution is 2.29. The second-order valence-corrected chi connectivity index (χ2v) is 6.52. The normalized spacial score (nSPS) is 15.2. The van der Waals surface area contributed by atoms with Gasteiger partial charge in [0.1, 0.15) is 0 Å². The zero-order chi connectivity index (χ0) is 17.8. The van der Waals surface area contributed by atoms with E-state index < -0.39 is 0 Å². The van der Waals surface area contributed by atoms with E-state index in [4.69, 9.17) is 5.73 Å². The number of nitrogens with zero attached hydrogens (tertiary/aromatic N) is 2. The quantitative estimate of drug-likeness (QED) is 0.842. The van der Waals surface area contributed by atoms with Crippen molar-refractivity contribution in [3.05, 3.63) is 53.6 Å². The van der Waals surface area contributed by atoms with Crippen molar-refractivity contribution in [2.45, 2.75) is 13.8 Å². The first-order valence-corrected chi connectivity index (χ1v) is 8.81. The minimum absolute atomic E-state index is 0.112. The average molecular weight is 338 g/mol. The number of likely N-dealkylation sites (N-methyl/N-ethyl adjacent to an activating group) is 1. The molecular formula is C20H26N4O. The number of carbonyl (C=O) groups is 1. The summed E-state index contributed by atoms with van der Waals surface area (Å²) in [6.07, 6.45) is 0. The molecule has 0 unspecified atom stereocenters. The van der Waals surface area contributed by atoms with Gasteiger partial charge in [-0.2, -0.15) is 0 Å². The summed E-state index contributed by atoms with van der Waals surface area (Å²) in [5, 5.41) is 3.04. The smallest absolute Gasteiger partial charge is 0.255 e. The van der Waals surface area contributed by atoms with Gasteiger partial charge in [0.15, 0.2) is 0 Å². The SMILES string of the molecule is CCN1CCN(c2ccc(N)cc2NC(=O)c2ccc(C)cc2)CC1. The number of benzene rings is 2. The van der Waals surface area contributed by atoms with E-state index in [-0.39, 0.29) is 5.91 Å². The molecule has 25 heavy (non-hydrogen) atoms. The van der Waals surface area contributed by atoms with Crippen LogP contribution in [0.3, 0.4) is 0 Å². The lowest BCUT2D eigenvalue weighted by Gasteiger charge is -2.36. The van der Waals surface area contributed by atoms with Crippen molar-refractivity contribution in [3.8, 4) is 0 Å². The summed E-state index contributed by atoms with van der Waals surface area (Å²) >= 11 is 0. The Balaban J connectivity index is 1.79. The Labute approximate surface area is 149 Å². The molecule has 5 nitrogen and oxygen atoms in total. The lowest BCUT2D eigenvalue weighted by Crippen LogP contribution is -2.46. The number of amides is 1. The van der Waals surface area contributed by atoms with Crippen LogP contribution < -0.4 is 16.0 Å². The molecule has 1 aliphatic rings. The topological polar surface area (TPSA) is 61.6 Å². The second-order valence-electron chi connectivity index (χ2n) is 6.52. The molecule has 1 fully saturated rings. The molecule has 0 spiro atoms. The number of nitrogen functional groups attached to an aromatic ring is 1. The number of nitrogens with one attached hydrogen (secondary N) is 1. The van der Waals surface area contributed by atoms with E-state index in [1.165, 1.54) is 0 Å². The van der Waals surface area contributed by atoms with E-state index in [1.54, 1.807) is 0 Å². The fourth-order valence-corrected chi connectivity index (χ4v) is 3.13. The van der Waals surface area contributed by atoms with Crippen LogP contribution in [0.5, 0.6) is 0 Å². The summed E-state index contributed by atoms with van der Waals surface area (Å²) in [5.41, 5.74) is 10.2. The molecule has 0 aromatic heterocycles. The van der Waals surface area contributed by atoms with Crippen molar-refractivity contribution in [3.63, 3.8) is 0 Å². The van der Waals surface area contributed by atoms with Crippen LogP contribution >= 0.6 is 0 Å². The molecule has 1 saturated heterocycles. The molecule has 1 aliphatic heterocycles. The van der Waals surface area contributed by atoms with Gasteiger partial charge in [0, 0.05) is 37.4 Å². The molecule has 0 bridgehead atoms. The van der Waals surface area contributed by atoms with Crippen molar-refractivity contribution >= 4 is 23.0 Å². The summed E-state index contributed by atoms with van der Waals surface area (Å²) in [4.78, 5) is 17.3. The first-order chi connectivity index (χ1) is 12.1. The van der Waals surface area contributed by atoms with E-state index in [0.29, 0.717) is 11.3 Å². The lowest BCUT2D eigenvalue weighted by atomic mass is 10.1. The summed E-state index contributed by atoms with van der Waals surface area (Å²) in [6, 6.07) is 13.3. The molecule has 1 amide bonds. The van der Waals surface area contributed by atoms with Crippen LogP contribution in [0.15, 0.2) is 42.5 Å². The molecule has 1 heterocycles. The van der Waals surface area contributed by atoms with E-state index in [9.17, 15) is 4.79 Å². The largest absolute Gasteiger partial charge is 0.399 e. The van der Waals surface area contributed by atoms with Gasteiger partial charge in [0.25, 0.3) is 5.91 Å². The Bertz CT molecular complexity index is 734. The van der Waals surface area contributed by atoms with Crippen LogP contribution in [0.1, 0.15) is 22.8 Å². The van der Waals surface area contributed by atoms with Gasteiger partial charge in [-0.15, -0.1) is 0 Å². The number of rotatable bonds is 4. The van der Waals surface area contributed by atoms with Crippen LogP contribution in [0, 0.1) is 6.92 Å². The Kier molecular flexibility index (Phi) is 5.24. The summed E-state index contributed by atoms with van der Waals surface area (Å²) in [6.45, 7) is 9.24. The second kappa shape index (κ2) is 7.57. The van der Waals surface area contributed by atoms with Gasteiger partial charge in [-0.3, -0.25) is 4.79 Å². The zero-order valence-electron chi connectivity index (χ0n) is 15.0. The van der Waals surface area contributed by atoms with Gasteiger partial charge in [0.05, 0.1) is 11.4 Å². The summed E-state index contributed by atoms with van der Waals surface area (Å²) in [7, 11) is 0. The third kappa shape index (κ3) is 4.12. The highest BCUT2D eigenvalue weighted by Gasteiger charge is 2.19. The van der Waals surface area contributed by atoms with Crippen LogP contribution in [-0.4, -0.2) is 43.5 Å². The molecule has 0 aliphatic carbocycles. The third-order valence-electron chi connectivity index (χ3n) is 4.74. The minimum Gasteiger partial charge on any atom is -0.399 e. The molecule has 132 valence electrons. The number of hydrogen-bond acceptors (Lipinski definition) is 4. The molecule has 0 radical (unpaired) electrons. The van der Waals surface area contributed by atoms with Crippen LogP contribution in [0.2, 0.25) is 0 Å². The maximum Gasteiger partial charge on any atom is 0.255 e. The number of carbonyl (C=O) groups excluding carboxylic acids is 1. The molecule has 2 aromatic rings. The Morgan fingerprint density at radius 2 is 1.76 bits per heavy atom. The maximum absolute atomic E-state index is 12.6. The van der Waals surface area contributed by atoms with Crippen molar-refractivity contribution in [1.29, 1.82) is 0 Å². The van der Waals surface area contributed by atoms with Gasteiger partial charge in [0.2, 0.25) is 0 Å². The number of aryl methyl sites for hydroxylation is 1. The molecule has 5 heteroatoms. The predicted molar refractivity (Wildman–Crippen MR) is 104 cm³/mol. The van der Waals surface area contributed by atoms with Crippen molar-refractivity contribution in [1.82, 2.24) is 4.90 Å². The number of hydrogen-bond donors (Lipinski definition) is 2. The molecule has 2 aromatic carbocycles. The number of anilines is 3. The van der Waals surface area contributed by atoms with Crippen LogP contribution in [0.4, 0.5) is 17.1 Å². The third-order valence-corrected chi connectivity index (χ3v) is 4.74. The molecular weight excluding hydrogens is 312 g/mol. The van der Waals surface area contributed by atoms with Crippen LogP contribution in [-0.2, 0) is 0 Å². The minimum atomic E-state index is -0.112. The molecule has 0 saturated carbocycles. The summed E-state index contributed by atoms with van der Waals surface area (Å²) < 4.78 is 0. The van der Waals surface area contributed by atoms with E-state index in [2.05, 4.69) is 22.0 Å². The number of nitrogens with two attached hydrogens (primary N) is 1. The summed E-state index contributed by atoms with van der Waals surface area (Å²) in [5.74, 6) is -0.112. The fraction of sp³-hybridized carbons (Fsp3) is 0.350. The molecule has 3 rings (SSSR count). The monoisotopic (exact) mass is 338 g/mol. The predicted octanol–water partition coefficient (Wildman–Crippen LogP) is 2.97. The zero-order valence-corrected chi connectivity index (χ0v) is 15.0. The first kappa shape index (κ1) is 17.3. The van der Waals surface area contributed by atoms with Crippen molar-refractivity contribution in [2.24, 2.45) is 0 Å². The average Bonchev–Trinajstić information content (AvgIpc) is 2.62. The highest BCUT2D eigenvalue weighted by molar-refractivity contribution is 6.06. The van der Waals surface area contributed by atoms with E-state index in [1.807, 2.05) is 49.4 Å². The van der Waals surface area contributed by atoms with Gasteiger partial charge in [-0.05, 0) is 43.8 Å². The van der Waals surface area contributed by atoms with Crippen LogP contribution in [0.25, 0.3) is 0 Å². The Hall–Kier alpha value is -2.53. The standard InChI is InChI=1S/C20H26N4O/c1-3-23-10-12-24(13-11-23)19-9-8-17(21)14-18(19)22-20(25)16-6-4-15(2)5-7-16/h4-9,14H,3,10-13,21H2,1-2H3,(H,22,25). The maximum atomic E-state index is 12.6.